The number of ether oxygens (including phenoxy) is 1. The van der Waals surface area contributed by atoms with Gasteiger partial charge in [0.1, 0.15) is 22.6 Å². The van der Waals surface area contributed by atoms with Gasteiger partial charge in [0.05, 0.1) is 18.3 Å². The fourth-order valence-electron chi connectivity index (χ4n) is 2.66. The van der Waals surface area contributed by atoms with Crippen LogP contribution in [0.1, 0.15) is 21.4 Å². The summed E-state index contributed by atoms with van der Waals surface area (Å²) in [5.74, 6) is -0.248. The molecule has 1 N–H and O–H groups in total. The first-order valence-corrected chi connectivity index (χ1v) is 9.91. The first kappa shape index (κ1) is 19.6. The molecule has 0 unspecified atom stereocenters. The van der Waals surface area contributed by atoms with Crippen molar-refractivity contribution in [3.63, 3.8) is 0 Å². The molecule has 1 amide bonds. The third-order valence-corrected chi connectivity index (χ3v) is 6.25. The van der Waals surface area contributed by atoms with Gasteiger partial charge in [-0.05, 0) is 60.7 Å². The Hall–Kier alpha value is -3.13. The minimum atomic E-state index is -3.86. The lowest BCUT2D eigenvalue weighted by Crippen LogP contribution is -2.31. The molecule has 3 aromatic rings. The summed E-state index contributed by atoms with van der Waals surface area (Å²) in [6.07, 6.45) is 1.37. The summed E-state index contributed by atoms with van der Waals surface area (Å²) < 4.78 is 49.6. The number of sulfone groups is 1. The minimum absolute atomic E-state index is 0.0748. The molecule has 0 saturated carbocycles. The predicted octanol–water partition coefficient (Wildman–Crippen LogP) is 3.37. The quantitative estimate of drug-likeness (QED) is 0.654. The third-order valence-electron chi connectivity index (χ3n) is 4.18. The summed E-state index contributed by atoms with van der Waals surface area (Å²) in [7, 11) is -2.37. The van der Waals surface area contributed by atoms with E-state index in [4.69, 9.17) is 9.15 Å². The van der Waals surface area contributed by atoms with Crippen molar-refractivity contribution in [1.29, 1.82) is 0 Å². The molecule has 28 heavy (non-hydrogen) atoms. The second-order valence-electron chi connectivity index (χ2n) is 5.94. The lowest BCUT2D eigenvalue weighted by molar-refractivity contribution is 0.0953. The number of furan rings is 1. The van der Waals surface area contributed by atoms with Crippen LogP contribution in [0.2, 0.25) is 0 Å². The average Bonchev–Trinajstić information content (AvgIpc) is 3.22. The molecule has 0 aliphatic carbocycles. The van der Waals surface area contributed by atoms with Gasteiger partial charge in [-0.15, -0.1) is 0 Å². The van der Waals surface area contributed by atoms with Crippen LogP contribution in [0.4, 0.5) is 4.39 Å². The van der Waals surface area contributed by atoms with E-state index in [0.717, 1.165) is 12.1 Å². The Morgan fingerprint density at radius 1 is 1.11 bits per heavy atom. The molecule has 0 saturated heterocycles. The number of carbonyl (C=O) groups is 1. The molecule has 3 rings (SSSR count). The summed E-state index contributed by atoms with van der Waals surface area (Å²) >= 11 is 0. The number of halogens is 1. The zero-order valence-corrected chi connectivity index (χ0v) is 15.8. The highest BCUT2D eigenvalue weighted by Crippen LogP contribution is 2.30. The van der Waals surface area contributed by atoms with Crippen LogP contribution < -0.4 is 10.1 Å². The van der Waals surface area contributed by atoms with Crippen LogP contribution >= 0.6 is 0 Å². The van der Waals surface area contributed by atoms with Crippen molar-refractivity contribution in [1.82, 2.24) is 5.32 Å². The molecule has 8 heteroatoms. The zero-order valence-electron chi connectivity index (χ0n) is 15.0. The SMILES string of the molecule is COc1ccc(S(=O)(=O)[C@H](CNC(=O)c2ccc(F)cc2)c2ccco2)cc1. The lowest BCUT2D eigenvalue weighted by Gasteiger charge is -2.17. The molecule has 1 aromatic heterocycles. The maximum Gasteiger partial charge on any atom is 0.251 e. The zero-order chi connectivity index (χ0) is 20.1. The van der Waals surface area contributed by atoms with Gasteiger partial charge < -0.3 is 14.5 Å². The van der Waals surface area contributed by atoms with E-state index in [1.54, 1.807) is 18.2 Å². The molecule has 0 bridgehead atoms. The Morgan fingerprint density at radius 3 is 2.36 bits per heavy atom. The van der Waals surface area contributed by atoms with Crippen LogP contribution in [0.5, 0.6) is 5.75 Å². The first-order chi connectivity index (χ1) is 13.4. The van der Waals surface area contributed by atoms with E-state index in [-0.39, 0.29) is 22.8 Å². The Bertz CT molecular complexity index is 1030. The summed E-state index contributed by atoms with van der Waals surface area (Å²) in [6, 6.07) is 14.0. The summed E-state index contributed by atoms with van der Waals surface area (Å²) in [6.45, 7) is -0.210. The number of benzene rings is 2. The van der Waals surface area contributed by atoms with Crippen molar-refractivity contribution < 1.29 is 26.8 Å². The van der Waals surface area contributed by atoms with Crippen molar-refractivity contribution in [3.05, 3.63) is 84.1 Å². The molecule has 1 atom stereocenters. The van der Waals surface area contributed by atoms with Gasteiger partial charge in [0.2, 0.25) is 0 Å². The first-order valence-electron chi connectivity index (χ1n) is 8.37. The van der Waals surface area contributed by atoms with E-state index in [9.17, 15) is 17.6 Å². The number of rotatable bonds is 7. The van der Waals surface area contributed by atoms with Crippen molar-refractivity contribution in [2.45, 2.75) is 10.1 Å². The van der Waals surface area contributed by atoms with Crippen molar-refractivity contribution in [2.24, 2.45) is 0 Å². The Kier molecular flexibility index (Phi) is 5.79. The van der Waals surface area contributed by atoms with Gasteiger partial charge in [-0.1, -0.05) is 0 Å². The standard InChI is InChI=1S/C20H18FNO5S/c1-26-16-8-10-17(11-9-16)28(24,25)19(18-3-2-12-27-18)13-22-20(23)14-4-6-15(21)7-5-14/h2-12,19H,13H2,1H3,(H,22,23)/t19-/m1/s1. The highest BCUT2D eigenvalue weighted by atomic mass is 32.2. The van der Waals surface area contributed by atoms with Crippen molar-refractivity contribution in [3.8, 4) is 5.75 Å². The van der Waals surface area contributed by atoms with E-state index in [0.29, 0.717) is 5.75 Å². The molecule has 0 aliphatic heterocycles. The molecule has 146 valence electrons. The minimum Gasteiger partial charge on any atom is -0.497 e. The van der Waals surface area contributed by atoms with Crippen LogP contribution in [-0.2, 0) is 9.84 Å². The molecule has 0 spiro atoms. The van der Waals surface area contributed by atoms with Crippen LogP contribution in [0, 0.1) is 5.82 Å². The van der Waals surface area contributed by atoms with E-state index >= 15 is 0 Å². The Labute approximate surface area is 161 Å². The maximum atomic E-state index is 13.1. The molecule has 0 aliphatic rings. The fraction of sp³-hybridized carbons (Fsp3) is 0.150. The van der Waals surface area contributed by atoms with Crippen LogP contribution in [-0.4, -0.2) is 28.0 Å². The highest BCUT2D eigenvalue weighted by molar-refractivity contribution is 7.91. The van der Waals surface area contributed by atoms with Gasteiger partial charge in [-0.25, -0.2) is 12.8 Å². The number of amides is 1. The lowest BCUT2D eigenvalue weighted by atomic mass is 10.2. The van der Waals surface area contributed by atoms with Crippen molar-refractivity contribution in [2.75, 3.05) is 13.7 Å². The van der Waals surface area contributed by atoms with Gasteiger partial charge in [0.15, 0.2) is 9.84 Å². The monoisotopic (exact) mass is 403 g/mol. The summed E-state index contributed by atoms with van der Waals surface area (Å²) in [4.78, 5) is 12.4. The van der Waals surface area contributed by atoms with Crippen LogP contribution in [0.3, 0.4) is 0 Å². The fourth-order valence-corrected chi connectivity index (χ4v) is 4.24. The van der Waals surface area contributed by atoms with E-state index < -0.39 is 26.8 Å². The highest BCUT2D eigenvalue weighted by Gasteiger charge is 2.32. The molecule has 0 radical (unpaired) electrons. The molecule has 1 heterocycles. The van der Waals surface area contributed by atoms with Crippen molar-refractivity contribution >= 4 is 15.7 Å². The second-order valence-corrected chi connectivity index (χ2v) is 8.07. The maximum absolute atomic E-state index is 13.1. The molecular formula is C20H18FNO5S. The number of hydrogen-bond acceptors (Lipinski definition) is 5. The predicted molar refractivity (Wildman–Crippen MR) is 100 cm³/mol. The Balaban J connectivity index is 1.85. The number of methoxy groups -OCH3 is 1. The third kappa shape index (κ3) is 4.23. The van der Waals surface area contributed by atoms with Crippen LogP contribution in [0.15, 0.2) is 76.2 Å². The normalized spacial score (nSPS) is 12.4. The van der Waals surface area contributed by atoms with Gasteiger partial charge in [0, 0.05) is 12.1 Å². The molecular weight excluding hydrogens is 385 g/mol. The van der Waals surface area contributed by atoms with E-state index in [1.165, 1.54) is 43.7 Å². The molecule has 6 nitrogen and oxygen atoms in total. The van der Waals surface area contributed by atoms with Crippen LogP contribution in [0.25, 0.3) is 0 Å². The second kappa shape index (κ2) is 8.26. The van der Waals surface area contributed by atoms with E-state index in [1.807, 2.05) is 0 Å². The summed E-state index contributed by atoms with van der Waals surface area (Å²) in [5, 5.41) is 1.46. The number of carbonyl (C=O) groups excluding carboxylic acids is 1. The number of hydrogen-bond donors (Lipinski definition) is 1. The average molecular weight is 403 g/mol. The molecule has 2 aromatic carbocycles. The number of nitrogens with one attached hydrogen (secondary N) is 1. The van der Waals surface area contributed by atoms with Gasteiger partial charge in [0.25, 0.3) is 5.91 Å². The topological polar surface area (TPSA) is 85.6 Å². The largest absolute Gasteiger partial charge is 0.497 e. The summed E-state index contributed by atoms with van der Waals surface area (Å²) in [5.41, 5.74) is 0.224. The van der Waals surface area contributed by atoms with E-state index in [2.05, 4.69) is 5.32 Å². The van der Waals surface area contributed by atoms with Gasteiger partial charge in [-0.2, -0.15) is 0 Å². The van der Waals surface area contributed by atoms with Gasteiger partial charge in [-0.3, -0.25) is 4.79 Å². The smallest absolute Gasteiger partial charge is 0.251 e. The molecule has 0 fully saturated rings. The Morgan fingerprint density at radius 2 is 1.79 bits per heavy atom. The van der Waals surface area contributed by atoms with Gasteiger partial charge >= 0.3 is 0 Å².